The van der Waals surface area contributed by atoms with Gasteiger partial charge in [-0.1, -0.05) is 0 Å². The topological polar surface area (TPSA) is 109 Å². The van der Waals surface area contributed by atoms with Crippen molar-refractivity contribution in [1.82, 2.24) is 9.36 Å². The monoisotopic (exact) mass is 201 g/mol. The molecule has 0 fully saturated rings. The van der Waals surface area contributed by atoms with E-state index in [0.29, 0.717) is 6.41 Å². The van der Waals surface area contributed by atoms with E-state index >= 15 is 0 Å². The van der Waals surface area contributed by atoms with Crippen molar-refractivity contribution in [3.63, 3.8) is 0 Å². The number of hydrogen-bond donors (Lipinski definition) is 2. The second-order valence-electron chi connectivity index (χ2n) is 1.82. The van der Waals surface area contributed by atoms with Gasteiger partial charge in [0, 0.05) is 11.5 Å². The standard InChI is InChI=1S/C5H3N3O4S/c9-1-6-5-7-3(8-13-5)2(10)4(11)12/h1H,(H,11,12)(H,6,7,8,9). The Hall–Kier alpha value is -1.83. The summed E-state index contributed by atoms with van der Waals surface area (Å²) in [6.07, 6.45) is 0.357. The minimum Gasteiger partial charge on any atom is -0.475 e. The van der Waals surface area contributed by atoms with Gasteiger partial charge < -0.3 is 10.4 Å². The molecule has 0 unspecified atom stereocenters. The molecule has 0 bridgehead atoms. The van der Waals surface area contributed by atoms with E-state index in [4.69, 9.17) is 5.11 Å². The van der Waals surface area contributed by atoms with Crippen LogP contribution in [0.5, 0.6) is 0 Å². The number of carboxylic acids is 1. The summed E-state index contributed by atoms with van der Waals surface area (Å²) in [5.41, 5.74) is 0. The molecule has 0 aliphatic rings. The van der Waals surface area contributed by atoms with Crippen molar-refractivity contribution in [2.24, 2.45) is 0 Å². The summed E-state index contributed by atoms with van der Waals surface area (Å²) in [5.74, 6) is -3.26. The molecule has 1 rings (SSSR count). The third-order valence-corrected chi connectivity index (χ3v) is 1.65. The summed E-state index contributed by atoms with van der Waals surface area (Å²) in [4.78, 5) is 34.2. The smallest absolute Gasteiger partial charge is 0.380 e. The van der Waals surface area contributed by atoms with Crippen LogP contribution in [0.1, 0.15) is 10.6 Å². The predicted octanol–water partition coefficient (Wildman–Crippen LogP) is -0.626. The van der Waals surface area contributed by atoms with Crippen molar-refractivity contribution in [1.29, 1.82) is 0 Å². The zero-order valence-corrected chi connectivity index (χ0v) is 6.87. The summed E-state index contributed by atoms with van der Waals surface area (Å²) in [6.45, 7) is 0. The van der Waals surface area contributed by atoms with E-state index in [-0.39, 0.29) is 5.13 Å². The van der Waals surface area contributed by atoms with Gasteiger partial charge in [0.2, 0.25) is 17.4 Å². The van der Waals surface area contributed by atoms with Gasteiger partial charge >= 0.3 is 11.8 Å². The molecule has 0 aliphatic heterocycles. The van der Waals surface area contributed by atoms with Crippen LogP contribution in [0.4, 0.5) is 5.13 Å². The number of aliphatic carboxylic acids is 1. The Morgan fingerprint density at radius 1 is 1.54 bits per heavy atom. The van der Waals surface area contributed by atoms with Crippen LogP contribution in [0.25, 0.3) is 0 Å². The highest BCUT2D eigenvalue weighted by Crippen LogP contribution is 2.09. The van der Waals surface area contributed by atoms with Crippen molar-refractivity contribution in [2.45, 2.75) is 0 Å². The molecule has 1 aromatic rings. The van der Waals surface area contributed by atoms with Crippen LogP contribution in [0.15, 0.2) is 0 Å². The van der Waals surface area contributed by atoms with E-state index in [9.17, 15) is 14.4 Å². The number of nitrogens with zero attached hydrogens (tertiary/aromatic N) is 2. The molecule has 0 aromatic carbocycles. The fraction of sp³-hybridized carbons (Fsp3) is 0. The molecule has 1 amide bonds. The zero-order chi connectivity index (χ0) is 9.84. The van der Waals surface area contributed by atoms with E-state index in [1.165, 1.54) is 0 Å². The number of rotatable bonds is 4. The SMILES string of the molecule is O=CNc1nc(C(=O)C(=O)O)ns1. The van der Waals surface area contributed by atoms with Crippen LogP contribution in [-0.4, -0.2) is 32.6 Å². The Balaban J connectivity index is 2.85. The number of nitrogens with one attached hydrogen (secondary N) is 1. The lowest BCUT2D eigenvalue weighted by molar-refractivity contribution is -0.131. The third kappa shape index (κ3) is 2.06. The second-order valence-corrected chi connectivity index (χ2v) is 2.57. The Morgan fingerprint density at radius 2 is 2.23 bits per heavy atom. The molecule has 0 radical (unpaired) electrons. The second kappa shape index (κ2) is 3.72. The van der Waals surface area contributed by atoms with Crippen LogP contribution in [0.2, 0.25) is 0 Å². The fourth-order valence-corrected chi connectivity index (χ4v) is 1.05. The Kier molecular flexibility index (Phi) is 2.65. The molecule has 0 saturated heterocycles. The molecule has 2 N–H and O–H groups in total. The van der Waals surface area contributed by atoms with Gasteiger partial charge in [0.25, 0.3) is 0 Å². The minimum atomic E-state index is -1.63. The van der Waals surface area contributed by atoms with E-state index in [1.807, 2.05) is 0 Å². The summed E-state index contributed by atoms with van der Waals surface area (Å²) in [7, 11) is 0. The van der Waals surface area contributed by atoms with Crippen LogP contribution in [0, 0.1) is 0 Å². The van der Waals surface area contributed by atoms with Gasteiger partial charge in [0.15, 0.2) is 0 Å². The maximum absolute atomic E-state index is 10.7. The highest BCUT2D eigenvalue weighted by atomic mass is 32.1. The van der Waals surface area contributed by atoms with Gasteiger partial charge in [-0.3, -0.25) is 9.59 Å². The molecule has 0 aliphatic carbocycles. The molecular weight excluding hydrogens is 198 g/mol. The lowest BCUT2D eigenvalue weighted by Crippen LogP contribution is -2.14. The average Bonchev–Trinajstić information content (AvgIpc) is 2.52. The van der Waals surface area contributed by atoms with Crippen molar-refractivity contribution in [3.05, 3.63) is 5.82 Å². The zero-order valence-electron chi connectivity index (χ0n) is 6.05. The molecule has 0 saturated carbocycles. The Morgan fingerprint density at radius 3 is 2.77 bits per heavy atom. The number of carbonyl (C=O) groups excluding carboxylic acids is 2. The molecule has 68 valence electrons. The Bertz CT molecular complexity index is 360. The highest BCUT2D eigenvalue weighted by molar-refractivity contribution is 7.10. The quantitative estimate of drug-likeness (QED) is 0.381. The molecule has 1 aromatic heterocycles. The van der Waals surface area contributed by atoms with E-state index in [0.717, 1.165) is 11.5 Å². The van der Waals surface area contributed by atoms with Gasteiger partial charge in [0.05, 0.1) is 0 Å². The number of Topliss-reactive ketones (excluding diaryl/α,β-unsaturated/α-hetero) is 1. The number of carbonyl (C=O) groups is 3. The first-order valence-electron chi connectivity index (χ1n) is 2.96. The van der Waals surface area contributed by atoms with Crippen molar-refractivity contribution < 1.29 is 19.5 Å². The molecule has 8 heteroatoms. The molecule has 1 heterocycles. The van der Waals surface area contributed by atoms with Gasteiger partial charge in [-0.2, -0.15) is 9.36 Å². The summed E-state index contributed by atoms with van der Waals surface area (Å²) in [5, 5.41) is 10.5. The molecule has 0 spiro atoms. The van der Waals surface area contributed by atoms with Crippen LogP contribution < -0.4 is 5.32 Å². The van der Waals surface area contributed by atoms with E-state index in [2.05, 4.69) is 14.7 Å². The number of hydrogen-bond acceptors (Lipinski definition) is 6. The first kappa shape index (κ1) is 9.26. The first-order valence-corrected chi connectivity index (χ1v) is 3.74. The number of ketones is 1. The number of anilines is 1. The van der Waals surface area contributed by atoms with Gasteiger partial charge in [-0.25, -0.2) is 4.79 Å². The van der Waals surface area contributed by atoms with Gasteiger partial charge in [-0.05, 0) is 0 Å². The molecular formula is C5H3N3O4S. The number of carboxylic acid groups (broad SMARTS) is 1. The number of aromatic nitrogens is 2. The van der Waals surface area contributed by atoms with E-state index < -0.39 is 17.6 Å². The normalized spacial score (nSPS) is 9.23. The van der Waals surface area contributed by atoms with Crippen LogP contribution >= 0.6 is 11.5 Å². The third-order valence-electron chi connectivity index (χ3n) is 1.01. The lowest BCUT2D eigenvalue weighted by atomic mass is 10.4. The molecule has 0 atom stereocenters. The number of amides is 1. The van der Waals surface area contributed by atoms with Crippen LogP contribution in [0.3, 0.4) is 0 Å². The first-order chi connectivity index (χ1) is 6.15. The van der Waals surface area contributed by atoms with Gasteiger partial charge in [-0.15, -0.1) is 0 Å². The van der Waals surface area contributed by atoms with Crippen molar-refractivity contribution >= 4 is 34.8 Å². The highest BCUT2D eigenvalue weighted by Gasteiger charge is 2.19. The summed E-state index contributed by atoms with van der Waals surface area (Å²) >= 11 is 0.732. The fourth-order valence-electron chi connectivity index (χ4n) is 0.520. The van der Waals surface area contributed by atoms with Crippen LogP contribution in [-0.2, 0) is 9.59 Å². The van der Waals surface area contributed by atoms with Crippen molar-refractivity contribution in [3.8, 4) is 0 Å². The van der Waals surface area contributed by atoms with E-state index in [1.54, 1.807) is 0 Å². The van der Waals surface area contributed by atoms with Crippen molar-refractivity contribution in [2.75, 3.05) is 5.32 Å². The largest absolute Gasteiger partial charge is 0.475 e. The maximum atomic E-state index is 10.7. The van der Waals surface area contributed by atoms with Gasteiger partial charge in [0.1, 0.15) is 0 Å². The molecule has 7 nitrogen and oxygen atoms in total. The summed E-state index contributed by atoms with van der Waals surface area (Å²) in [6, 6.07) is 0. The lowest BCUT2D eigenvalue weighted by Gasteiger charge is -1.85. The molecule has 13 heavy (non-hydrogen) atoms. The maximum Gasteiger partial charge on any atom is 0.380 e. The summed E-state index contributed by atoms with van der Waals surface area (Å²) < 4.78 is 3.43. The predicted molar refractivity (Wildman–Crippen MR) is 41.6 cm³/mol. The Labute approximate surface area is 75.6 Å². The minimum absolute atomic E-state index is 0.0830. The average molecular weight is 201 g/mol.